The van der Waals surface area contributed by atoms with E-state index in [0.717, 1.165) is 32.1 Å². The number of allylic oxidation sites excluding steroid dienone is 4. The molecule has 0 aromatic carbocycles. The summed E-state index contributed by atoms with van der Waals surface area (Å²) in [6, 6.07) is 0. The summed E-state index contributed by atoms with van der Waals surface area (Å²) in [6.07, 6.45) is 74.0. The summed E-state index contributed by atoms with van der Waals surface area (Å²) in [6.45, 7) is 4.31. The Morgan fingerprint density at radius 2 is 0.654 bits per heavy atom. The van der Waals surface area contributed by atoms with Crippen LogP contribution in [0.25, 0.3) is 0 Å². The SMILES string of the molecule is CCCCCCCCCC/C=C\CCCCCCCCCCCCCCCCCCCCCC(=O)OC(COC(=O)CCCCCCCCCCCCC/C=C\CCCCCCCCCC)COP(=O)([O-])OCC[N+](C)(C)C. The van der Waals surface area contributed by atoms with E-state index >= 15 is 0 Å². The molecule has 0 saturated carbocycles. The highest BCUT2D eigenvalue weighted by Gasteiger charge is 2.22. The van der Waals surface area contributed by atoms with E-state index < -0.39 is 26.5 Å². The summed E-state index contributed by atoms with van der Waals surface area (Å²) in [7, 11) is 1.19. The molecule has 462 valence electrons. The minimum absolute atomic E-state index is 0.0277. The van der Waals surface area contributed by atoms with Gasteiger partial charge < -0.3 is 27.9 Å². The van der Waals surface area contributed by atoms with Gasteiger partial charge in [-0.3, -0.25) is 14.2 Å². The number of carbonyl (C=O) groups is 2. The zero-order valence-corrected chi connectivity index (χ0v) is 53.5. The van der Waals surface area contributed by atoms with Crippen molar-refractivity contribution in [2.24, 2.45) is 0 Å². The Labute approximate surface area is 485 Å². The van der Waals surface area contributed by atoms with Gasteiger partial charge in [-0.25, -0.2) is 0 Å². The van der Waals surface area contributed by atoms with Gasteiger partial charge in [0.15, 0.2) is 6.10 Å². The summed E-state index contributed by atoms with van der Waals surface area (Å²) in [5.41, 5.74) is 0. The zero-order chi connectivity index (χ0) is 57.0. The van der Waals surface area contributed by atoms with Crippen LogP contribution in [-0.4, -0.2) is 70.0 Å². The number of phosphoric acid groups is 1. The molecule has 0 fully saturated rings. The molecule has 2 unspecified atom stereocenters. The van der Waals surface area contributed by atoms with Crippen molar-refractivity contribution in [2.45, 2.75) is 354 Å². The van der Waals surface area contributed by atoms with Gasteiger partial charge in [-0.15, -0.1) is 0 Å². The van der Waals surface area contributed by atoms with Gasteiger partial charge >= 0.3 is 11.9 Å². The van der Waals surface area contributed by atoms with Crippen molar-refractivity contribution in [1.82, 2.24) is 0 Å². The quantitative estimate of drug-likeness (QED) is 0.0195. The third-order valence-electron chi connectivity index (χ3n) is 15.4. The third-order valence-corrected chi connectivity index (χ3v) is 16.4. The fourth-order valence-electron chi connectivity index (χ4n) is 10.2. The van der Waals surface area contributed by atoms with Gasteiger partial charge in [-0.05, 0) is 64.2 Å². The lowest BCUT2D eigenvalue weighted by Crippen LogP contribution is -2.37. The smallest absolute Gasteiger partial charge is 0.306 e. The number of unbranched alkanes of at least 4 members (excludes halogenated alkanes) is 46. The molecule has 0 aromatic rings. The summed E-state index contributed by atoms with van der Waals surface area (Å²) >= 11 is 0. The van der Waals surface area contributed by atoms with Crippen molar-refractivity contribution in [3.05, 3.63) is 24.3 Å². The van der Waals surface area contributed by atoms with Crippen LogP contribution in [0.1, 0.15) is 348 Å². The molecule has 78 heavy (non-hydrogen) atoms. The van der Waals surface area contributed by atoms with Crippen LogP contribution in [0.5, 0.6) is 0 Å². The van der Waals surface area contributed by atoms with Gasteiger partial charge in [-0.1, -0.05) is 295 Å². The first kappa shape index (κ1) is 76.5. The fraction of sp³-hybridized carbons (Fsp3) is 0.912. The summed E-state index contributed by atoms with van der Waals surface area (Å²) < 4.78 is 34.3. The average Bonchev–Trinajstić information content (AvgIpc) is 3.40. The van der Waals surface area contributed by atoms with Crippen LogP contribution in [-0.2, 0) is 32.7 Å². The first-order chi connectivity index (χ1) is 38.0. The Morgan fingerprint density at radius 3 is 0.949 bits per heavy atom. The maximum absolute atomic E-state index is 12.8. The fourth-order valence-corrected chi connectivity index (χ4v) is 10.9. The second-order valence-corrected chi connectivity index (χ2v) is 25.9. The molecule has 2 atom stereocenters. The van der Waals surface area contributed by atoms with Crippen LogP contribution in [0.3, 0.4) is 0 Å². The lowest BCUT2D eigenvalue weighted by Gasteiger charge is -2.28. The number of quaternary nitrogens is 1. The number of nitrogens with zero attached hydrogens (tertiary/aromatic N) is 1. The van der Waals surface area contributed by atoms with Crippen molar-refractivity contribution in [3.8, 4) is 0 Å². The highest BCUT2D eigenvalue weighted by Crippen LogP contribution is 2.38. The summed E-state index contributed by atoms with van der Waals surface area (Å²) in [4.78, 5) is 38.0. The summed E-state index contributed by atoms with van der Waals surface area (Å²) in [5.74, 6) is -0.814. The van der Waals surface area contributed by atoms with E-state index in [1.165, 1.54) is 283 Å². The average molecular weight is 1120 g/mol. The molecular weight excluding hydrogens is 990 g/mol. The van der Waals surface area contributed by atoms with Gasteiger partial charge in [0, 0.05) is 12.8 Å². The summed E-state index contributed by atoms with van der Waals surface area (Å²) in [5, 5.41) is 0. The van der Waals surface area contributed by atoms with Crippen LogP contribution in [0.4, 0.5) is 0 Å². The molecule has 0 aliphatic carbocycles. The molecule has 0 heterocycles. The van der Waals surface area contributed by atoms with Crippen LogP contribution in [0.15, 0.2) is 24.3 Å². The Morgan fingerprint density at radius 1 is 0.385 bits per heavy atom. The van der Waals surface area contributed by atoms with E-state index in [-0.39, 0.29) is 32.0 Å². The minimum atomic E-state index is -4.64. The maximum Gasteiger partial charge on any atom is 0.306 e. The highest BCUT2D eigenvalue weighted by atomic mass is 31.2. The van der Waals surface area contributed by atoms with E-state index in [1.54, 1.807) is 0 Å². The third kappa shape index (κ3) is 63.7. The number of phosphoric ester groups is 1. The lowest BCUT2D eigenvalue weighted by molar-refractivity contribution is -0.870. The first-order valence-electron chi connectivity index (χ1n) is 34.0. The molecule has 0 spiro atoms. The standard InChI is InChI=1S/C68H132NO8P/c1-6-8-10-12-14-16-18-20-22-24-26-28-30-31-32-33-34-35-36-37-39-41-43-45-47-49-51-53-55-57-59-61-68(71)77-66(65-76-78(72,73)75-63-62-69(3,4)5)64-74-67(70)60-58-56-54-52-50-48-46-44-42-40-38-29-27-25-23-21-19-17-15-13-11-9-7-2/h24-27,66H,6-23,28-65H2,1-5H3/b26-24-,27-25-. The largest absolute Gasteiger partial charge is 0.756 e. The molecule has 9 nitrogen and oxygen atoms in total. The van der Waals surface area contributed by atoms with Gasteiger partial charge in [0.05, 0.1) is 27.7 Å². The molecule has 0 amide bonds. The van der Waals surface area contributed by atoms with Crippen molar-refractivity contribution in [3.63, 3.8) is 0 Å². The van der Waals surface area contributed by atoms with E-state index in [9.17, 15) is 19.0 Å². The Bertz CT molecular complexity index is 1370. The molecule has 0 saturated heterocycles. The Kier molecular flexibility index (Phi) is 58.9. The predicted octanol–water partition coefficient (Wildman–Crippen LogP) is 21.1. The van der Waals surface area contributed by atoms with Crippen LogP contribution in [0.2, 0.25) is 0 Å². The molecule has 0 rings (SSSR count). The monoisotopic (exact) mass is 1120 g/mol. The maximum atomic E-state index is 12.8. The topological polar surface area (TPSA) is 111 Å². The number of esters is 2. The lowest BCUT2D eigenvalue weighted by atomic mass is 10.0. The van der Waals surface area contributed by atoms with Gasteiger partial charge in [-0.2, -0.15) is 0 Å². The zero-order valence-electron chi connectivity index (χ0n) is 52.6. The second-order valence-electron chi connectivity index (χ2n) is 24.5. The predicted molar refractivity (Wildman–Crippen MR) is 333 cm³/mol. The van der Waals surface area contributed by atoms with Crippen molar-refractivity contribution in [2.75, 3.05) is 47.5 Å². The van der Waals surface area contributed by atoms with E-state index in [1.807, 2.05) is 21.1 Å². The molecule has 0 bridgehead atoms. The first-order valence-corrected chi connectivity index (χ1v) is 35.5. The van der Waals surface area contributed by atoms with Gasteiger partial charge in [0.2, 0.25) is 0 Å². The Balaban J connectivity index is 4.01. The van der Waals surface area contributed by atoms with E-state index in [0.29, 0.717) is 17.4 Å². The minimum Gasteiger partial charge on any atom is -0.756 e. The molecule has 0 radical (unpaired) electrons. The van der Waals surface area contributed by atoms with E-state index in [4.69, 9.17) is 18.5 Å². The molecule has 0 aliphatic heterocycles. The number of carbonyl (C=O) groups excluding carboxylic acids is 2. The number of ether oxygens (including phenoxy) is 2. The van der Waals surface area contributed by atoms with E-state index in [2.05, 4.69) is 38.2 Å². The van der Waals surface area contributed by atoms with Crippen molar-refractivity contribution < 1.29 is 42.1 Å². The van der Waals surface area contributed by atoms with Gasteiger partial charge in [0.1, 0.15) is 19.8 Å². The van der Waals surface area contributed by atoms with Crippen molar-refractivity contribution in [1.29, 1.82) is 0 Å². The second kappa shape index (κ2) is 60.1. The highest BCUT2D eigenvalue weighted by molar-refractivity contribution is 7.45. The number of hydrogen-bond acceptors (Lipinski definition) is 8. The molecule has 0 aromatic heterocycles. The van der Waals surface area contributed by atoms with Crippen LogP contribution in [0, 0.1) is 0 Å². The van der Waals surface area contributed by atoms with Crippen LogP contribution < -0.4 is 4.89 Å². The Hall–Kier alpha value is -1.51. The number of likely N-dealkylation sites (N-methyl/N-ethyl adjacent to an activating group) is 1. The molecule has 0 aliphatic rings. The van der Waals surface area contributed by atoms with Crippen LogP contribution >= 0.6 is 7.82 Å². The normalized spacial score (nSPS) is 13.3. The molecular formula is C68H132NO8P. The molecule has 0 N–H and O–H groups in total. The number of rotatable bonds is 64. The van der Waals surface area contributed by atoms with Gasteiger partial charge in [0.25, 0.3) is 7.82 Å². The number of hydrogen-bond donors (Lipinski definition) is 0. The molecule has 10 heteroatoms. The van der Waals surface area contributed by atoms with Crippen molar-refractivity contribution >= 4 is 19.8 Å².